The van der Waals surface area contributed by atoms with Gasteiger partial charge in [0, 0.05) is 33.0 Å². The molecule has 2 nitrogen and oxygen atoms in total. The van der Waals surface area contributed by atoms with Crippen LogP contribution < -0.4 is 9.64 Å². The summed E-state index contributed by atoms with van der Waals surface area (Å²) in [5.41, 5.74) is 17.9. The van der Waals surface area contributed by atoms with Gasteiger partial charge in [0.25, 0.3) is 0 Å². The highest BCUT2D eigenvalue weighted by atomic mass is 16.5. The van der Waals surface area contributed by atoms with E-state index in [1.54, 1.807) is 0 Å². The van der Waals surface area contributed by atoms with Gasteiger partial charge in [-0.15, -0.1) is 0 Å². The zero-order valence-corrected chi connectivity index (χ0v) is 31.9. The summed E-state index contributed by atoms with van der Waals surface area (Å²) in [6, 6.07) is 72.4. The lowest BCUT2D eigenvalue weighted by molar-refractivity contribution is 0.487. The fourth-order valence-electron chi connectivity index (χ4n) is 9.29. The summed E-state index contributed by atoms with van der Waals surface area (Å²) in [5.74, 6) is 1.74. The van der Waals surface area contributed by atoms with E-state index in [0.717, 1.165) is 50.3 Å². The third-order valence-electron chi connectivity index (χ3n) is 12.0. The Kier molecular flexibility index (Phi) is 7.55. The summed E-state index contributed by atoms with van der Waals surface area (Å²) < 4.78 is 6.92. The molecule has 0 saturated heterocycles. The van der Waals surface area contributed by atoms with Crippen molar-refractivity contribution in [2.24, 2.45) is 0 Å². The average Bonchev–Trinajstić information content (AvgIpc) is 3.51. The van der Waals surface area contributed by atoms with Crippen LogP contribution in [-0.4, -0.2) is 0 Å². The Morgan fingerprint density at radius 3 is 1.70 bits per heavy atom. The second-order valence-corrected chi connectivity index (χ2v) is 15.7. The first-order chi connectivity index (χ1) is 28.0. The molecule has 57 heavy (non-hydrogen) atoms. The number of benzene rings is 9. The highest BCUT2D eigenvalue weighted by molar-refractivity contribution is 6.12. The van der Waals surface area contributed by atoms with Gasteiger partial charge < -0.3 is 9.64 Å². The molecule has 0 unspecified atom stereocenters. The number of rotatable bonds is 6. The Balaban J connectivity index is 1.06. The molecule has 0 amide bonds. The summed E-state index contributed by atoms with van der Waals surface area (Å²) in [4.78, 5) is 2.45. The molecule has 0 atom stereocenters. The van der Waals surface area contributed by atoms with Gasteiger partial charge in [-0.3, -0.25) is 0 Å². The van der Waals surface area contributed by atoms with Crippen LogP contribution >= 0.6 is 0 Å². The first kappa shape index (κ1) is 33.2. The molecule has 0 fully saturated rings. The van der Waals surface area contributed by atoms with Crippen molar-refractivity contribution in [1.82, 2.24) is 0 Å². The number of fused-ring (bicyclic) bond motifs is 5. The van der Waals surface area contributed by atoms with E-state index in [-0.39, 0.29) is 5.41 Å². The van der Waals surface area contributed by atoms with Crippen LogP contribution in [0.25, 0.3) is 66.4 Å². The van der Waals surface area contributed by atoms with Gasteiger partial charge in [-0.05, 0) is 116 Å². The molecule has 270 valence electrons. The Morgan fingerprint density at radius 2 is 0.982 bits per heavy atom. The summed E-state index contributed by atoms with van der Waals surface area (Å²) in [7, 11) is 0. The van der Waals surface area contributed by atoms with Crippen molar-refractivity contribution in [3.63, 3.8) is 0 Å². The van der Waals surface area contributed by atoms with Crippen molar-refractivity contribution in [2.45, 2.75) is 19.3 Å². The van der Waals surface area contributed by atoms with Gasteiger partial charge in [0.15, 0.2) is 0 Å². The van der Waals surface area contributed by atoms with Gasteiger partial charge in [-0.25, -0.2) is 0 Å². The molecule has 9 aromatic rings. The predicted octanol–water partition coefficient (Wildman–Crippen LogP) is 15.4. The number of nitrogens with zero attached hydrogens (tertiary/aromatic N) is 1. The molecule has 2 heteroatoms. The maximum atomic E-state index is 6.92. The SMILES string of the molecule is CC1(C)c2ccccc2-c2c(N(c3ccccc3)c3ccc4c5c(cccc35)-c3ccc(-c5cc(-c6ccccc6)cc(-c6ccccc6)c5)cc3O4)cccc21. The summed E-state index contributed by atoms with van der Waals surface area (Å²) in [6.07, 6.45) is 0. The molecule has 11 rings (SSSR count). The van der Waals surface area contributed by atoms with E-state index in [9.17, 15) is 0 Å². The average molecular weight is 730 g/mol. The molecule has 0 spiro atoms. The molecule has 0 bridgehead atoms. The van der Waals surface area contributed by atoms with Gasteiger partial charge in [-0.1, -0.05) is 153 Å². The summed E-state index contributed by atoms with van der Waals surface area (Å²) in [6.45, 7) is 4.69. The van der Waals surface area contributed by atoms with E-state index < -0.39 is 0 Å². The molecule has 1 aliphatic heterocycles. The number of hydrogen-bond acceptors (Lipinski definition) is 2. The van der Waals surface area contributed by atoms with Crippen molar-refractivity contribution >= 4 is 27.8 Å². The highest BCUT2D eigenvalue weighted by Crippen LogP contribution is 2.56. The minimum atomic E-state index is -0.105. The normalized spacial score (nSPS) is 13.0. The lowest BCUT2D eigenvalue weighted by Crippen LogP contribution is -2.16. The molecular weight excluding hydrogens is 691 g/mol. The molecule has 0 radical (unpaired) electrons. The van der Waals surface area contributed by atoms with Crippen LogP contribution in [0.5, 0.6) is 11.5 Å². The van der Waals surface area contributed by atoms with Crippen LogP contribution in [0.2, 0.25) is 0 Å². The minimum absolute atomic E-state index is 0.105. The maximum absolute atomic E-state index is 6.92. The fourth-order valence-corrected chi connectivity index (χ4v) is 9.29. The number of para-hydroxylation sites is 1. The van der Waals surface area contributed by atoms with E-state index in [1.165, 1.54) is 55.8 Å². The van der Waals surface area contributed by atoms with Crippen LogP contribution in [0.4, 0.5) is 17.1 Å². The fraction of sp³-hybridized carbons (Fsp3) is 0.0545. The lowest BCUT2D eigenvalue weighted by Gasteiger charge is -2.31. The molecule has 1 aliphatic carbocycles. The second-order valence-electron chi connectivity index (χ2n) is 15.7. The van der Waals surface area contributed by atoms with Crippen LogP contribution in [0.3, 0.4) is 0 Å². The third kappa shape index (κ3) is 5.33. The quantitative estimate of drug-likeness (QED) is 0.169. The number of ether oxygens (including phenoxy) is 1. The zero-order chi connectivity index (χ0) is 38.1. The van der Waals surface area contributed by atoms with Gasteiger partial charge in [0.05, 0.1) is 11.4 Å². The van der Waals surface area contributed by atoms with E-state index >= 15 is 0 Å². The molecule has 0 saturated carbocycles. The van der Waals surface area contributed by atoms with E-state index in [2.05, 4.69) is 219 Å². The molecular formula is C55H39NO. The maximum Gasteiger partial charge on any atom is 0.136 e. The third-order valence-corrected chi connectivity index (χ3v) is 12.0. The topological polar surface area (TPSA) is 12.5 Å². The van der Waals surface area contributed by atoms with Crippen molar-refractivity contribution < 1.29 is 4.74 Å². The zero-order valence-electron chi connectivity index (χ0n) is 31.9. The van der Waals surface area contributed by atoms with Crippen LogP contribution in [0.1, 0.15) is 25.0 Å². The van der Waals surface area contributed by atoms with Crippen LogP contribution in [-0.2, 0) is 5.41 Å². The van der Waals surface area contributed by atoms with Gasteiger partial charge in [-0.2, -0.15) is 0 Å². The first-order valence-electron chi connectivity index (χ1n) is 19.8. The van der Waals surface area contributed by atoms with E-state index in [1.807, 2.05) is 0 Å². The lowest BCUT2D eigenvalue weighted by atomic mass is 9.82. The standard InChI is InChI=1S/C55H39NO/c1-55(2)47-25-13-12-22-45(47)54-48(55)26-15-27-50(54)56(42-20-10-5-11-21-42)49-30-31-51-53-44(23-14-24-46(49)53)43-29-28-38(35-52(43)57-51)41-33-39(36-16-6-3-7-17-36)32-40(34-41)37-18-8-4-9-19-37/h3-35H,1-2H3. The number of hydrogen-bond donors (Lipinski definition) is 0. The van der Waals surface area contributed by atoms with Gasteiger partial charge in [0.1, 0.15) is 11.5 Å². The second kappa shape index (κ2) is 13.0. The number of anilines is 3. The Labute approximate surface area is 333 Å². The van der Waals surface area contributed by atoms with E-state index in [0.29, 0.717) is 0 Å². The van der Waals surface area contributed by atoms with Crippen molar-refractivity contribution in [2.75, 3.05) is 4.90 Å². The van der Waals surface area contributed by atoms with Crippen molar-refractivity contribution in [1.29, 1.82) is 0 Å². The Hall–Kier alpha value is -7.16. The summed E-state index contributed by atoms with van der Waals surface area (Å²) >= 11 is 0. The van der Waals surface area contributed by atoms with Crippen molar-refractivity contribution in [3.8, 4) is 67.1 Å². The highest BCUT2D eigenvalue weighted by Gasteiger charge is 2.38. The molecule has 2 aliphatic rings. The largest absolute Gasteiger partial charge is 0.456 e. The molecule has 1 heterocycles. The van der Waals surface area contributed by atoms with Gasteiger partial charge in [0.2, 0.25) is 0 Å². The van der Waals surface area contributed by atoms with Gasteiger partial charge >= 0.3 is 0 Å². The first-order valence-corrected chi connectivity index (χ1v) is 19.8. The monoisotopic (exact) mass is 729 g/mol. The Morgan fingerprint density at radius 1 is 0.386 bits per heavy atom. The molecule has 0 aromatic heterocycles. The summed E-state index contributed by atoms with van der Waals surface area (Å²) in [5, 5.41) is 2.27. The van der Waals surface area contributed by atoms with Crippen LogP contribution in [0, 0.1) is 0 Å². The minimum Gasteiger partial charge on any atom is -0.456 e. The van der Waals surface area contributed by atoms with E-state index in [4.69, 9.17) is 4.74 Å². The molecule has 9 aromatic carbocycles. The Bertz CT molecular complexity index is 2940. The van der Waals surface area contributed by atoms with Crippen molar-refractivity contribution in [3.05, 3.63) is 211 Å². The molecule has 0 N–H and O–H groups in total. The van der Waals surface area contributed by atoms with Crippen LogP contribution in [0.15, 0.2) is 200 Å². The smallest absolute Gasteiger partial charge is 0.136 e. The predicted molar refractivity (Wildman–Crippen MR) is 238 cm³/mol.